The summed E-state index contributed by atoms with van der Waals surface area (Å²) in [6.45, 7) is 9.53. The number of pyridine rings is 1. The number of nitrogens with one attached hydrogen (secondary N) is 1. The zero-order valence-electron chi connectivity index (χ0n) is 21.0. The predicted molar refractivity (Wildman–Crippen MR) is 149 cm³/mol. The van der Waals surface area contributed by atoms with Crippen LogP contribution >= 0.6 is 11.6 Å². The van der Waals surface area contributed by atoms with Gasteiger partial charge in [0.05, 0.1) is 13.3 Å². The maximum atomic E-state index is 13.5. The third-order valence-electron chi connectivity index (χ3n) is 5.96. The number of anilines is 1. The van der Waals surface area contributed by atoms with Gasteiger partial charge in [0.15, 0.2) is 0 Å². The Morgan fingerprint density at radius 2 is 1.86 bits per heavy atom. The average molecular weight is 503 g/mol. The quantitative estimate of drug-likeness (QED) is 0.319. The summed E-state index contributed by atoms with van der Waals surface area (Å²) >= 11 is 6.23. The van der Waals surface area contributed by atoms with Crippen molar-refractivity contribution in [1.29, 1.82) is 0 Å². The summed E-state index contributed by atoms with van der Waals surface area (Å²) in [5, 5.41) is 3.51. The van der Waals surface area contributed by atoms with Crippen LogP contribution in [0.1, 0.15) is 30.5 Å². The number of aromatic nitrogens is 1. The number of benzene rings is 2. The van der Waals surface area contributed by atoms with E-state index < -0.39 is 6.04 Å². The number of carbonyl (C=O) groups is 1. The fraction of sp³-hybridized carbons (Fsp3) is 0.200. The van der Waals surface area contributed by atoms with E-state index in [4.69, 9.17) is 16.3 Å². The van der Waals surface area contributed by atoms with Crippen molar-refractivity contribution in [3.8, 4) is 16.9 Å². The Labute approximate surface area is 217 Å². The van der Waals surface area contributed by atoms with Gasteiger partial charge in [0.25, 0.3) is 5.56 Å². The second-order valence-electron chi connectivity index (χ2n) is 8.49. The molecule has 0 saturated heterocycles. The molecule has 36 heavy (non-hydrogen) atoms. The molecular formula is C30H31ClN2O3. The molecule has 3 rings (SSSR count). The highest BCUT2D eigenvalue weighted by atomic mass is 35.5. The monoisotopic (exact) mass is 502 g/mol. The molecular weight excluding hydrogens is 472 g/mol. The number of hydrogen-bond donors (Lipinski definition) is 1. The molecule has 2 aromatic carbocycles. The molecule has 0 aliphatic heterocycles. The maximum absolute atomic E-state index is 13.5. The normalized spacial score (nSPS) is 12.4. The van der Waals surface area contributed by atoms with Gasteiger partial charge in [0.2, 0.25) is 5.91 Å². The van der Waals surface area contributed by atoms with Crippen molar-refractivity contribution in [2.75, 3.05) is 12.4 Å². The standard InChI is InChI=1S/C30H31ClN2O3/c1-6-8-9-22(7-2)16-27(30(35)32-24-14-10-20(3)11-15-24)33-19-28(36-5)26(18-29(33)34)25-17-23(31)13-12-21(25)4/h6-15,17-19,27H,1,16H2,2-5H3,(H,32,35)/b9-8-,22-7+/t27-/m0/s1. The summed E-state index contributed by atoms with van der Waals surface area (Å²) < 4.78 is 7.10. The minimum Gasteiger partial charge on any atom is -0.495 e. The van der Waals surface area contributed by atoms with Crippen LogP contribution in [0.3, 0.4) is 0 Å². The first-order valence-corrected chi connectivity index (χ1v) is 12.0. The summed E-state index contributed by atoms with van der Waals surface area (Å²) in [7, 11) is 1.54. The van der Waals surface area contributed by atoms with Crippen molar-refractivity contribution in [2.45, 2.75) is 33.2 Å². The topological polar surface area (TPSA) is 60.3 Å². The van der Waals surface area contributed by atoms with Gasteiger partial charge in [-0.2, -0.15) is 0 Å². The Morgan fingerprint density at radius 3 is 2.50 bits per heavy atom. The lowest BCUT2D eigenvalue weighted by molar-refractivity contribution is -0.119. The molecule has 0 radical (unpaired) electrons. The molecule has 1 heterocycles. The molecule has 1 amide bonds. The number of rotatable bonds is 9. The Balaban J connectivity index is 2.11. The van der Waals surface area contributed by atoms with Crippen molar-refractivity contribution < 1.29 is 9.53 Å². The van der Waals surface area contributed by atoms with Gasteiger partial charge in [-0.15, -0.1) is 0 Å². The van der Waals surface area contributed by atoms with Crippen molar-refractivity contribution >= 4 is 23.2 Å². The lowest BCUT2D eigenvalue weighted by atomic mass is 9.99. The Hall–Kier alpha value is -3.83. The van der Waals surface area contributed by atoms with E-state index in [-0.39, 0.29) is 11.5 Å². The molecule has 0 unspecified atom stereocenters. The number of nitrogens with zero attached hydrogens (tertiary/aromatic N) is 1. The Morgan fingerprint density at radius 1 is 1.14 bits per heavy atom. The second kappa shape index (κ2) is 12.2. The van der Waals surface area contributed by atoms with E-state index in [0.29, 0.717) is 28.4 Å². The highest BCUT2D eigenvalue weighted by Crippen LogP contribution is 2.34. The van der Waals surface area contributed by atoms with E-state index in [1.54, 1.807) is 37.6 Å². The number of halogens is 1. The number of allylic oxidation sites excluding steroid dienone is 5. The zero-order valence-corrected chi connectivity index (χ0v) is 21.8. The van der Waals surface area contributed by atoms with Crippen molar-refractivity contribution in [3.63, 3.8) is 0 Å². The first-order chi connectivity index (χ1) is 17.3. The van der Waals surface area contributed by atoms with E-state index in [1.807, 2.05) is 63.3 Å². The SMILES string of the molecule is C=C/C=C\C(=C/C)C[C@@H](C(=O)Nc1ccc(C)cc1)n1cc(OC)c(-c2cc(Cl)ccc2C)cc1=O. The molecule has 0 bridgehead atoms. The van der Waals surface area contributed by atoms with Crippen LogP contribution in [0.5, 0.6) is 5.75 Å². The molecule has 0 aliphatic rings. The van der Waals surface area contributed by atoms with Crippen LogP contribution in [0.2, 0.25) is 5.02 Å². The average Bonchev–Trinajstić information content (AvgIpc) is 2.87. The van der Waals surface area contributed by atoms with Crippen LogP contribution < -0.4 is 15.6 Å². The largest absolute Gasteiger partial charge is 0.495 e. The summed E-state index contributed by atoms with van der Waals surface area (Å²) in [5.41, 5.74) is 4.68. The van der Waals surface area contributed by atoms with E-state index in [2.05, 4.69) is 11.9 Å². The predicted octanol–water partition coefficient (Wildman–Crippen LogP) is 7.05. The van der Waals surface area contributed by atoms with Crippen molar-refractivity contribution in [3.05, 3.63) is 118 Å². The lowest BCUT2D eigenvalue weighted by Gasteiger charge is -2.22. The van der Waals surface area contributed by atoms with Gasteiger partial charge in [0.1, 0.15) is 11.8 Å². The smallest absolute Gasteiger partial charge is 0.252 e. The van der Waals surface area contributed by atoms with Crippen LogP contribution in [0.4, 0.5) is 5.69 Å². The van der Waals surface area contributed by atoms with Gasteiger partial charge >= 0.3 is 0 Å². The number of amides is 1. The number of carbonyl (C=O) groups excluding carboxylic acids is 1. The Kier molecular flexibility index (Phi) is 9.09. The third-order valence-corrected chi connectivity index (χ3v) is 6.19. The van der Waals surface area contributed by atoms with Gasteiger partial charge in [-0.1, -0.05) is 66.2 Å². The fourth-order valence-corrected chi connectivity index (χ4v) is 4.08. The molecule has 6 heteroatoms. The van der Waals surface area contributed by atoms with E-state index in [9.17, 15) is 9.59 Å². The molecule has 0 fully saturated rings. The van der Waals surface area contributed by atoms with Crippen LogP contribution in [0.25, 0.3) is 11.1 Å². The fourth-order valence-electron chi connectivity index (χ4n) is 3.91. The van der Waals surface area contributed by atoms with Crippen LogP contribution in [-0.4, -0.2) is 17.6 Å². The molecule has 0 saturated carbocycles. The molecule has 1 N–H and O–H groups in total. The maximum Gasteiger partial charge on any atom is 0.252 e. The molecule has 1 atom stereocenters. The van der Waals surface area contributed by atoms with Crippen molar-refractivity contribution in [1.82, 2.24) is 4.57 Å². The first kappa shape index (κ1) is 26.8. The zero-order chi connectivity index (χ0) is 26.2. The van der Waals surface area contributed by atoms with Gasteiger partial charge in [-0.25, -0.2) is 0 Å². The molecule has 0 spiro atoms. The van der Waals surface area contributed by atoms with Gasteiger partial charge in [-0.05, 0) is 61.7 Å². The van der Waals surface area contributed by atoms with Crippen LogP contribution in [-0.2, 0) is 4.79 Å². The van der Waals surface area contributed by atoms with Crippen molar-refractivity contribution in [2.24, 2.45) is 0 Å². The summed E-state index contributed by atoms with van der Waals surface area (Å²) in [6.07, 6.45) is 9.17. The molecule has 0 aliphatic carbocycles. The number of hydrogen-bond acceptors (Lipinski definition) is 3. The summed E-state index contributed by atoms with van der Waals surface area (Å²) in [5.74, 6) is 0.165. The first-order valence-electron chi connectivity index (χ1n) is 11.7. The van der Waals surface area contributed by atoms with Gasteiger partial charge in [-0.3, -0.25) is 14.2 Å². The molecule has 5 nitrogen and oxygen atoms in total. The summed E-state index contributed by atoms with van der Waals surface area (Å²) in [4.78, 5) is 27.0. The number of methoxy groups -OCH3 is 1. The van der Waals surface area contributed by atoms with Crippen LogP contribution in [0.15, 0.2) is 96.0 Å². The lowest BCUT2D eigenvalue weighted by Crippen LogP contribution is -2.33. The second-order valence-corrected chi connectivity index (χ2v) is 8.93. The van der Waals surface area contributed by atoms with E-state index in [1.165, 1.54) is 10.6 Å². The number of aryl methyl sites for hydroxylation is 2. The van der Waals surface area contributed by atoms with E-state index >= 15 is 0 Å². The van der Waals surface area contributed by atoms with Gasteiger partial charge < -0.3 is 10.1 Å². The molecule has 1 aromatic heterocycles. The minimum absolute atomic E-state index is 0.303. The highest BCUT2D eigenvalue weighted by molar-refractivity contribution is 6.30. The third kappa shape index (κ3) is 6.43. The molecule has 3 aromatic rings. The van der Waals surface area contributed by atoms with E-state index in [0.717, 1.165) is 22.3 Å². The summed E-state index contributed by atoms with van der Waals surface area (Å²) in [6, 6.07) is 13.7. The number of ether oxygens (including phenoxy) is 1. The minimum atomic E-state index is -0.817. The van der Waals surface area contributed by atoms with Crippen LogP contribution in [0, 0.1) is 13.8 Å². The molecule has 186 valence electrons. The Bertz CT molecular complexity index is 1370. The highest BCUT2D eigenvalue weighted by Gasteiger charge is 2.24. The van der Waals surface area contributed by atoms with Gasteiger partial charge in [0, 0.05) is 28.8 Å².